The third-order valence-corrected chi connectivity index (χ3v) is 10.9. The summed E-state index contributed by atoms with van der Waals surface area (Å²) in [6.07, 6.45) is 5.20. The highest BCUT2D eigenvalue weighted by Gasteiger charge is 2.35. The van der Waals surface area contributed by atoms with Crippen LogP contribution in [-0.2, 0) is 11.8 Å². The van der Waals surface area contributed by atoms with Crippen molar-refractivity contribution in [2.24, 2.45) is 5.73 Å². The summed E-state index contributed by atoms with van der Waals surface area (Å²) < 4.78 is 0. The highest BCUT2D eigenvalue weighted by Crippen LogP contribution is 2.50. The minimum atomic E-state index is -0.0135. The van der Waals surface area contributed by atoms with Gasteiger partial charge in [0, 0.05) is 11.1 Å². The van der Waals surface area contributed by atoms with Crippen LogP contribution in [0.4, 0.5) is 0 Å². The maximum atomic E-state index is 6.64. The number of fused-ring (bicyclic) bond motifs is 9. The topological polar surface area (TPSA) is 26.0 Å². The molecule has 1 heteroatoms. The number of benzene rings is 8. The van der Waals surface area contributed by atoms with E-state index >= 15 is 0 Å². The Labute approximate surface area is 300 Å². The largest absolute Gasteiger partial charge is 0.398 e. The Kier molecular flexibility index (Phi) is 7.44. The molecule has 0 saturated carbocycles. The van der Waals surface area contributed by atoms with Gasteiger partial charge in [0.2, 0.25) is 0 Å². The quantitative estimate of drug-likeness (QED) is 0.140. The highest BCUT2D eigenvalue weighted by atomic mass is 14.6. The van der Waals surface area contributed by atoms with Gasteiger partial charge in [0.05, 0.1) is 0 Å². The van der Waals surface area contributed by atoms with Gasteiger partial charge in [-0.05, 0) is 107 Å². The molecule has 9 rings (SSSR count). The fourth-order valence-electron chi connectivity index (χ4n) is 8.31. The summed E-state index contributed by atoms with van der Waals surface area (Å²) >= 11 is 0. The van der Waals surface area contributed by atoms with E-state index in [0.717, 1.165) is 28.8 Å². The first-order chi connectivity index (χ1) is 25.0. The predicted octanol–water partition coefficient (Wildman–Crippen LogP) is 12.7. The lowest BCUT2D eigenvalue weighted by molar-refractivity contribution is 0.660. The van der Waals surface area contributed by atoms with Gasteiger partial charge in [-0.25, -0.2) is 0 Å². The van der Waals surface area contributed by atoms with Crippen LogP contribution in [0.3, 0.4) is 0 Å². The van der Waals surface area contributed by atoms with Crippen LogP contribution < -0.4 is 5.73 Å². The number of hydrogen-bond acceptors (Lipinski definition) is 1. The van der Waals surface area contributed by atoms with Gasteiger partial charge in [0.1, 0.15) is 0 Å². The van der Waals surface area contributed by atoms with E-state index in [1.165, 1.54) is 71.3 Å². The number of allylic oxidation sites excluding steroid dienone is 3. The average molecular weight is 654 g/mol. The van der Waals surface area contributed by atoms with Crippen molar-refractivity contribution in [3.05, 3.63) is 204 Å². The van der Waals surface area contributed by atoms with E-state index in [0.29, 0.717) is 0 Å². The summed E-state index contributed by atoms with van der Waals surface area (Å²) in [5.41, 5.74) is 20.0. The normalized spacial score (nSPS) is 13.8. The van der Waals surface area contributed by atoms with Crippen LogP contribution in [-0.4, -0.2) is 0 Å². The Morgan fingerprint density at radius 1 is 0.510 bits per heavy atom. The summed E-state index contributed by atoms with van der Waals surface area (Å²) in [7, 11) is 0. The van der Waals surface area contributed by atoms with Crippen molar-refractivity contribution in [1.82, 2.24) is 0 Å². The van der Waals surface area contributed by atoms with Gasteiger partial charge < -0.3 is 5.73 Å². The lowest BCUT2D eigenvalue weighted by Crippen LogP contribution is -2.14. The Morgan fingerprint density at radius 3 is 1.90 bits per heavy atom. The molecule has 0 amide bonds. The SMILES string of the molecule is CC1(C)c2ccccc2-c2cc(-c3cccc4c5ccccc5c5cc(C/C=C(\C=C(/N)c6ccccc6)c6ccccc6)ccc5c34)ccc21. The van der Waals surface area contributed by atoms with Crippen LogP contribution in [0.15, 0.2) is 176 Å². The molecule has 1 aliphatic carbocycles. The van der Waals surface area contributed by atoms with Crippen molar-refractivity contribution in [3.8, 4) is 22.3 Å². The fourth-order valence-corrected chi connectivity index (χ4v) is 8.31. The summed E-state index contributed by atoms with van der Waals surface area (Å²) in [5, 5.41) is 7.73. The van der Waals surface area contributed by atoms with E-state index in [1.807, 2.05) is 18.2 Å². The van der Waals surface area contributed by atoms with E-state index in [1.54, 1.807) is 0 Å². The van der Waals surface area contributed by atoms with Crippen LogP contribution in [0.2, 0.25) is 0 Å². The van der Waals surface area contributed by atoms with Gasteiger partial charge in [-0.1, -0.05) is 178 Å². The zero-order valence-corrected chi connectivity index (χ0v) is 29.0. The second kappa shape index (κ2) is 12.3. The third kappa shape index (κ3) is 5.25. The fraction of sp³-hybridized carbons (Fsp3) is 0.0800. The molecule has 0 aromatic heterocycles. The summed E-state index contributed by atoms with van der Waals surface area (Å²) in [4.78, 5) is 0. The Bertz CT molecular complexity index is 2680. The van der Waals surface area contributed by atoms with Crippen LogP contribution in [0, 0.1) is 0 Å². The van der Waals surface area contributed by atoms with Crippen LogP contribution >= 0.6 is 0 Å². The molecule has 0 saturated heterocycles. The zero-order chi connectivity index (χ0) is 34.5. The Hall–Kier alpha value is -6.18. The van der Waals surface area contributed by atoms with Crippen molar-refractivity contribution in [2.75, 3.05) is 0 Å². The standard InChI is InChI=1S/C50H39N/c1-50(2)46-23-12-11-20-41(46)45-31-37(27-29-47(45)50)38-21-13-22-42-39-18-9-10-19-40(39)44-30-33(25-28-43(44)49(38)42)24-26-36(34-14-5-3-6-15-34)32-48(51)35-16-7-4-8-17-35/h3-23,25-32H,24,51H2,1-2H3/b36-26+,48-32-. The molecule has 0 heterocycles. The molecule has 2 N–H and O–H groups in total. The molecule has 0 aliphatic heterocycles. The monoisotopic (exact) mass is 653 g/mol. The molecule has 8 aromatic rings. The highest BCUT2D eigenvalue weighted by molar-refractivity contribution is 6.28. The lowest BCUT2D eigenvalue weighted by atomic mass is 9.82. The molecule has 1 nitrogen and oxygen atoms in total. The van der Waals surface area contributed by atoms with Crippen molar-refractivity contribution < 1.29 is 0 Å². The van der Waals surface area contributed by atoms with Gasteiger partial charge >= 0.3 is 0 Å². The molecule has 0 unspecified atom stereocenters. The summed E-state index contributed by atoms with van der Waals surface area (Å²) in [6, 6.07) is 59.5. The van der Waals surface area contributed by atoms with Gasteiger partial charge in [-0.15, -0.1) is 0 Å². The third-order valence-electron chi connectivity index (χ3n) is 10.9. The molecule has 51 heavy (non-hydrogen) atoms. The first kappa shape index (κ1) is 30.8. The van der Waals surface area contributed by atoms with Crippen LogP contribution in [0.1, 0.15) is 41.7 Å². The Morgan fingerprint density at radius 2 is 1.12 bits per heavy atom. The van der Waals surface area contributed by atoms with Gasteiger partial charge in [0.15, 0.2) is 0 Å². The molecular formula is C50H39N. The van der Waals surface area contributed by atoms with Crippen LogP contribution in [0.25, 0.3) is 65.8 Å². The summed E-state index contributed by atoms with van der Waals surface area (Å²) in [6.45, 7) is 4.69. The maximum absolute atomic E-state index is 6.64. The molecule has 0 fully saturated rings. The van der Waals surface area contributed by atoms with Crippen molar-refractivity contribution >= 4 is 43.6 Å². The molecule has 0 atom stereocenters. The van der Waals surface area contributed by atoms with E-state index < -0.39 is 0 Å². The first-order valence-corrected chi connectivity index (χ1v) is 17.9. The Balaban J connectivity index is 1.19. The second-order valence-corrected chi connectivity index (χ2v) is 14.3. The number of hydrogen-bond donors (Lipinski definition) is 1. The predicted molar refractivity (Wildman–Crippen MR) is 219 cm³/mol. The first-order valence-electron chi connectivity index (χ1n) is 17.9. The smallest absolute Gasteiger partial charge is 0.0393 e. The molecule has 1 aliphatic rings. The van der Waals surface area contributed by atoms with Crippen molar-refractivity contribution in [2.45, 2.75) is 25.7 Å². The minimum absolute atomic E-state index is 0.0135. The number of rotatable bonds is 6. The van der Waals surface area contributed by atoms with Gasteiger partial charge in [-0.3, -0.25) is 0 Å². The molecule has 8 aromatic carbocycles. The van der Waals surface area contributed by atoms with E-state index in [-0.39, 0.29) is 5.41 Å². The van der Waals surface area contributed by atoms with Crippen LogP contribution in [0.5, 0.6) is 0 Å². The average Bonchev–Trinajstić information content (AvgIpc) is 3.42. The number of nitrogens with two attached hydrogens (primary N) is 1. The van der Waals surface area contributed by atoms with Gasteiger partial charge in [0.25, 0.3) is 0 Å². The van der Waals surface area contributed by atoms with E-state index in [4.69, 9.17) is 5.73 Å². The minimum Gasteiger partial charge on any atom is -0.398 e. The maximum Gasteiger partial charge on any atom is 0.0393 e. The van der Waals surface area contributed by atoms with Gasteiger partial charge in [-0.2, -0.15) is 0 Å². The van der Waals surface area contributed by atoms with Crippen molar-refractivity contribution in [3.63, 3.8) is 0 Å². The zero-order valence-electron chi connectivity index (χ0n) is 29.0. The summed E-state index contributed by atoms with van der Waals surface area (Å²) in [5.74, 6) is 0. The van der Waals surface area contributed by atoms with Crippen molar-refractivity contribution in [1.29, 1.82) is 0 Å². The molecule has 0 radical (unpaired) electrons. The van der Waals surface area contributed by atoms with E-state index in [2.05, 4.69) is 172 Å². The lowest BCUT2D eigenvalue weighted by Gasteiger charge is -2.21. The molecule has 0 bridgehead atoms. The second-order valence-electron chi connectivity index (χ2n) is 14.3. The molecule has 0 spiro atoms. The molecule has 244 valence electrons. The van der Waals surface area contributed by atoms with E-state index in [9.17, 15) is 0 Å². The molecular weight excluding hydrogens is 615 g/mol.